The standard InChI is InChI=1S/C18H16F3N5O2S/c1-28-15-8-2-12(3-9-15)10-26-17(23-24-25-26)29-11-16(27)22-14-6-4-13(5-7-14)18(19,20)21/h2-9H,10-11H2,1H3,(H,22,27). The zero-order valence-corrected chi connectivity index (χ0v) is 16.0. The summed E-state index contributed by atoms with van der Waals surface area (Å²) in [5.74, 6) is 0.359. The van der Waals surface area contributed by atoms with Crippen molar-refractivity contribution in [2.45, 2.75) is 17.9 Å². The molecule has 1 amide bonds. The van der Waals surface area contributed by atoms with Crippen LogP contribution in [0.1, 0.15) is 11.1 Å². The summed E-state index contributed by atoms with van der Waals surface area (Å²) >= 11 is 1.13. The Morgan fingerprint density at radius 3 is 2.45 bits per heavy atom. The van der Waals surface area contributed by atoms with Crippen LogP contribution in [-0.4, -0.2) is 39.0 Å². The highest BCUT2D eigenvalue weighted by atomic mass is 32.2. The maximum Gasteiger partial charge on any atom is 0.416 e. The van der Waals surface area contributed by atoms with E-state index in [4.69, 9.17) is 4.74 Å². The summed E-state index contributed by atoms with van der Waals surface area (Å²) < 4.78 is 44.4. The molecule has 0 aliphatic heterocycles. The topological polar surface area (TPSA) is 81.9 Å². The number of thioether (sulfide) groups is 1. The van der Waals surface area contributed by atoms with Gasteiger partial charge < -0.3 is 10.1 Å². The van der Waals surface area contributed by atoms with E-state index in [0.717, 1.165) is 35.2 Å². The largest absolute Gasteiger partial charge is 0.497 e. The van der Waals surface area contributed by atoms with Gasteiger partial charge in [0, 0.05) is 5.69 Å². The summed E-state index contributed by atoms with van der Waals surface area (Å²) in [5, 5.41) is 14.4. The van der Waals surface area contributed by atoms with Crippen molar-refractivity contribution in [2.75, 3.05) is 18.2 Å². The number of hydrogen-bond donors (Lipinski definition) is 1. The number of carbonyl (C=O) groups is 1. The molecule has 1 N–H and O–H groups in total. The molecule has 2 aromatic carbocycles. The van der Waals surface area contributed by atoms with Crippen molar-refractivity contribution in [1.29, 1.82) is 0 Å². The molecular weight excluding hydrogens is 407 g/mol. The van der Waals surface area contributed by atoms with E-state index in [1.54, 1.807) is 11.8 Å². The molecule has 0 atom stereocenters. The summed E-state index contributed by atoms with van der Waals surface area (Å²) in [4.78, 5) is 12.1. The number of methoxy groups -OCH3 is 1. The Morgan fingerprint density at radius 2 is 1.83 bits per heavy atom. The van der Waals surface area contributed by atoms with Crippen LogP contribution < -0.4 is 10.1 Å². The minimum absolute atomic E-state index is 0.00398. The van der Waals surface area contributed by atoms with E-state index in [-0.39, 0.29) is 17.3 Å². The Morgan fingerprint density at radius 1 is 1.14 bits per heavy atom. The minimum Gasteiger partial charge on any atom is -0.497 e. The molecule has 7 nitrogen and oxygen atoms in total. The van der Waals surface area contributed by atoms with Crippen molar-refractivity contribution in [2.24, 2.45) is 0 Å². The smallest absolute Gasteiger partial charge is 0.416 e. The molecule has 1 aromatic heterocycles. The zero-order chi connectivity index (χ0) is 20.9. The Bertz CT molecular complexity index is 959. The van der Waals surface area contributed by atoms with Crippen LogP contribution in [-0.2, 0) is 17.5 Å². The van der Waals surface area contributed by atoms with E-state index in [0.29, 0.717) is 11.7 Å². The molecule has 3 rings (SSSR count). The Balaban J connectivity index is 1.55. The number of nitrogens with one attached hydrogen (secondary N) is 1. The van der Waals surface area contributed by atoms with E-state index in [9.17, 15) is 18.0 Å². The SMILES string of the molecule is COc1ccc(Cn2nnnc2SCC(=O)Nc2ccc(C(F)(F)F)cc2)cc1. The van der Waals surface area contributed by atoms with Gasteiger partial charge in [-0.05, 0) is 52.4 Å². The molecule has 11 heteroatoms. The lowest BCUT2D eigenvalue weighted by Gasteiger charge is -2.09. The molecule has 0 aliphatic rings. The summed E-state index contributed by atoms with van der Waals surface area (Å²) in [6.07, 6.45) is -4.42. The van der Waals surface area contributed by atoms with E-state index in [1.807, 2.05) is 24.3 Å². The second kappa shape index (κ2) is 8.95. The lowest BCUT2D eigenvalue weighted by molar-refractivity contribution is -0.137. The third-order valence-corrected chi connectivity index (χ3v) is 4.78. The fourth-order valence-corrected chi connectivity index (χ4v) is 3.05. The van der Waals surface area contributed by atoms with Gasteiger partial charge in [-0.15, -0.1) is 5.10 Å². The van der Waals surface area contributed by atoms with Crippen molar-refractivity contribution in [1.82, 2.24) is 20.2 Å². The number of nitrogens with zero attached hydrogens (tertiary/aromatic N) is 4. The Hall–Kier alpha value is -3.08. The minimum atomic E-state index is -4.42. The first-order valence-corrected chi connectivity index (χ1v) is 9.33. The first-order valence-electron chi connectivity index (χ1n) is 8.34. The van der Waals surface area contributed by atoms with Gasteiger partial charge in [0.15, 0.2) is 0 Å². The van der Waals surface area contributed by atoms with Crippen molar-refractivity contribution in [3.8, 4) is 5.75 Å². The van der Waals surface area contributed by atoms with E-state index >= 15 is 0 Å². The molecule has 0 aliphatic carbocycles. The maximum absolute atomic E-state index is 12.6. The highest BCUT2D eigenvalue weighted by Gasteiger charge is 2.30. The quantitative estimate of drug-likeness (QED) is 0.586. The molecule has 0 bridgehead atoms. The van der Waals surface area contributed by atoms with Crippen LogP contribution in [0.5, 0.6) is 5.75 Å². The molecule has 1 heterocycles. The summed E-state index contributed by atoms with van der Waals surface area (Å²) in [7, 11) is 1.58. The predicted molar refractivity (Wildman–Crippen MR) is 101 cm³/mol. The molecule has 0 saturated heterocycles. The van der Waals surface area contributed by atoms with Crippen LogP contribution >= 0.6 is 11.8 Å². The monoisotopic (exact) mass is 423 g/mol. The van der Waals surface area contributed by atoms with Gasteiger partial charge in [-0.2, -0.15) is 13.2 Å². The van der Waals surface area contributed by atoms with Gasteiger partial charge in [-0.25, -0.2) is 4.68 Å². The molecule has 29 heavy (non-hydrogen) atoms. The van der Waals surface area contributed by atoms with Crippen LogP contribution in [0.3, 0.4) is 0 Å². The lowest BCUT2D eigenvalue weighted by Crippen LogP contribution is -2.15. The van der Waals surface area contributed by atoms with Gasteiger partial charge in [0.2, 0.25) is 11.1 Å². The third-order valence-electron chi connectivity index (χ3n) is 3.82. The van der Waals surface area contributed by atoms with Crippen molar-refractivity contribution in [3.63, 3.8) is 0 Å². The normalized spacial score (nSPS) is 11.3. The van der Waals surface area contributed by atoms with Gasteiger partial charge in [0.1, 0.15) is 5.75 Å². The molecule has 0 spiro atoms. The molecule has 3 aromatic rings. The highest BCUT2D eigenvalue weighted by molar-refractivity contribution is 7.99. The first-order chi connectivity index (χ1) is 13.8. The number of halogens is 3. The van der Waals surface area contributed by atoms with E-state index < -0.39 is 11.7 Å². The highest BCUT2D eigenvalue weighted by Crippen LogP contribution is 2.29. The Kier molecular flexibility index (Phi) is 6.37. The number of carbonyl (C=O) groups excluding carboxylic acids is 1. The number of amides is 1. The number of benzene rings is 2. The van der Waals surface area contributed by atoms with E-state index in [1.165, 1.54) is 12.1 Å². The number of anilines is 1. The van der Waals surface area contributed by atoms with Crippen LogP contribution in [0.2, 0.25) is 0 Å². The fraction of sp³-hybridized carbons (Fsp3) is 0.222. The van der Waals surface area contributed by atoms with Gasteiger partial charge >= 0.3 is 6.18 Å². The van der Waals surface area contributed by atoms with Crippen LogP contribution in [0.25, 0.3) is 0 Å². The zero-order valence-electron chi connectivity index (χ0n) is 15.2. The summed E-state index contributed by atoms with van der Waals surface area (Å²) in [6, 6.07) is 11.7. The number of ether oxygens (including phenoxy) is 1. The van der Waals surface area contributed by atoms with Gasteiger partial charge in [-0.3, -0.25) is 4.79 Å². The fourth-order valence-electron chi connectivity index (χ4n) is 2.37. The maximum atomic E-state index is 12.6. The van der Waals surface area contributed by atoms with Crippen LogP contribution in [0.4, 0.5) is 18.9 Å². The van der Waals surface area contributed by atoms with Gasteiger partial charge in [0.05, 0.1) is 25.0 Å². The number of aromatic nitrogens is 4. The van der Waals surface area contributed by atoms with Crippen LogP contribution in [0.15, 0.2) is 53.7 Å². The van der Waals surface area contributed by atoms with Gasteiger partial charge in [-0.1, -0.05) is 23.9 Å². The summed E-state index contributed by atoms with van der Waals surface area (Å²) in [6.45, 7) is 0.417. The van der Waals surface area contributed by atoms with Crippen molar-refractivity contribution < 1.29 is 22.7 Å². The molecular formula is C18H16F3N5O2S. The van der Waals surface area contributed by atoms with Crippen molar-refractivity contribution >= 4 is 23.4 Å². The van der Waals surface area contributed by atoms with Crippen LogP contribution in [0, 0.1) is 0 Å². The average molecular weight is 423 g/mol. The number of alkyl halides is 3. The molecule has 0 saturated carbocycles. The molecule has 152 valence electrons. The Labute approximate surface area is 168 Å². The van der Waals surface area contributed by atoms with Crippen molar-refractivity contribution in [3.05, 3.63) is 59.7 Å². The molecule has 0 fully saturated rings. The second-order valence-electron chi connectivity index (χ2n) is 5.88. The first kappa shape index (κ1) is 20.6. The number of hydrogen-bond acceptors (Lipinski definition) is 6. The second-order valence-corrected chi connectivity index (χ2v) is 6.82. The average Bonchev–Trinajstić information content (AvgIpc) is 3.13. The van der Waals surface area contributed by atoms with E-state index in [2.05, 4.69) is 20.8 Å². The third kappa shape index (κ3) is 5.70. The van der Waals surface area contributed by atoms with Gasteiger partial charge in [0.25, 0.3) is 0 Å². The number of rotatable bonds is 7. The number of tetrazole rings is 1. The summed E-state index contributed by atoms with van der Waals surface area (Å²) in [5.41, 5.74) is 0.457. The predicted octanol–water partition coefficient (Wildman–Crippen LogP) is 3.48. The lowest BCUT2D eigenvalue weighted by atomic mass is 10.2. The molecule has 0 radical (unpaired) electrons. The molecule has 0 unspecified atom stereocenters.